The zero-order valence-electron chi connectivity index (χ0n) is 16.3. The Morgan fingerprint density at radius 3 is 2.71 bits per heavy atom. The summed E-state index contributed by atoms with van der Waals surface area (Å²) in [5, 5.41) is 6.99. The highest BCUT2D eigenvalue weighted by Gasteiger charge is 2.21. The number of hydrogen-bond donors (Lipinski definition) is 2. The van der Waals surface area contributed by atoms with E-state index < -0.39 is 0 Å². The van der Waals surface area contributed by atoms with Crippen LogP contribution in [0.2, 0.25) is 0 Å². The number of hydrogen-bond acceptors (Lipinski definition) is 4. The van der Waals surface area contributed by atoms with Gasteiger partial charge in [0.1, 0.15) is 5.75 Å². The second kappa shape index (κ2) is 9.41. The molecule has 2 aromatic carbocycles. The summed E-state index contributed by atoms with van der Waals surface area (Å²) in [6.45, 7) is 2.29. The molecule has 2 N–H and O–H groups in total. The first-order valence-electron chi connectivity index (χ1n) is 9.37. The minimum absolute atomic E-state index is 0.180. The van der Waals surface area contributed by atoms with Crippen LogP contribution >= 0.6 is 12.2 Å². The molecule has 0 radical (unpaired) electrons. The topological polar surface area (TPSA) is 56.8 Å². The van der Waals surface area contributed by atoms with Crippen LogP contribution < -0.4 is 25.2 Å². The maximum absolute atomic E-state index is 11.9. The molecule has 1 amide bonds. The number of likely N-dealkylation sites (N-methyl/N-ethyl adjacent to an activating group) is 1. The number of amides is 1. The molecule has 0 atom stereocenters. The van der Waals surface area contributed by atoms with E-state index in [2.05, 4.69) is 15.5 Å². The Hall–Kier alpha value is -2.80. The summed E-state index contributed by atoms with van der Waals surface area (Å²) in [5.74, 6) is 1.03. The molecular formula is C21H26N4O2S. The summed E-state index contributed by atoms with van der Waals surface area (Å²) in [6.07, 6.45) is 1.54. The van der Waals surface area contributed by atoms with Crippen LogP contribution in [0.5, 0.6) is 5.75 Å². The SMILES string of the molecule is COc1ccc(N(C)CCNC(=S)Nc2cccc(N3CCCC3=O)c2)cc1. The van der Waals surface area contributed by atoms with Crippen molar-refractivity contribution in [2.45, 2.75) is 12.8 Å². The average molecular weight is 399 g/mol. The normalized spacial score (nSPS) is 13.4. The van der Waals surface area contributed by atoms with E-state index in [0.29, 0.717) is 18.1 Å². The van der Waals surface area contributed by atoms with Crippen molar-refractivity contribution in [3.8, 4) is 5.75 Å². The van der Waals surface area contributed by atoms with Gasteiger partial charge in [-0.1, -0.05) is 6.07 Å². The van der Waals surface area contributed by atoms with Crippen molar-refractivity contribution in [1.29, 1.82) is 0 Å². The van der Waals surface area contributed by atoms with E-state index in [9.17, 15) is 4.79 Å². The van der Waals surface area contributed by atoms with Gasteiger partial charge < -0.3 is 25.2 Å². The van der Waals surface area contributed by atoms with Crippen molar-refractivity contribution in [3.05, 3.63) is 48.5 Å². The van der Waals surface area contributed by atoms with Gasteiger partial charge in [0.15, 0.2) is 5.11 Å². The van der Waals surface area contributed by atoms with Crippen LogP contribution in [0, 0.1) is 0 Å². The first-order chi connectivity index (χ1) is 13.6. The van der Waals surface area contributed by atoms with Crippen LogP contribution in [0.15, 0.2) is 48.5 Å². The third-order valence-corrected chi connectivity index (χ3v) is 4.98. The predicted molar refractivity (Wildman–Crippen MR) is 119 cm³/mol. The minimum atomic E-state index is 0.180. The van der Waals surface area contributed by atoms with E-state index >= 15 is 0 Å². The zero-order valence-corrected chi connectivity index (χ0v) is 17.1. The molecule has 1 aliphatic rings. The lowest BCUT2D eigenvalue weighted by Gasteiger charge is -2.21. The second-order valence-electron chi connectivity index (χ2n) is 6.70. The number of carbonyl (C=O) groups excluding carboxylic acids is 1. The fourth-order valence-electron chi connectivity index (χ4n) is 3.15. The number of thiocarbonyl (C=S) groups is 1. The van der Waals surface area contributed by atoms with Crippen molar-refractivity contribution in [2.24, 2.45) is 0 Å². The van der Waals surface area contributed by atoms with Crippen molar-refractivity contribution < 1.29 is 9.53 Å². The summed E-state index contributed by atoms with van der Waals surface area (Å²) in [6, 6.07) is 15.7. The lowest BCUT2D eigenvalue weighted by molar-refractivity contribution is -0.117. The van der Waals surface area contributed by atoms with Gasteiger partial charge in [-0.05, 0) is 61.1 Å². The monoisotopic (exact) mass is 398 g/mol. The Balaban J connectivity index is 1.47. The smallest absolute Gasteiger partial charge is 0.227 e. The van der Waals surface area contributed by atoms with E-state index in [1.54, 1.807) is 7.11 Å². The second-order valence-corrected chi connectivity index (χ2v) is 7.11. The van der Waals surface area contributed by atoms with Gasteiger partial charge in [0.05, 0.1) is 7.11 Å². The molecule has 0 aliphatic carbocycles. The highest BCUT2D eigenvalue weighted by Crippen LogP contribution is 2.24. The Bertz CT molecular complexity index is 825. The maximum Gasteiger partial charge on any atom is 0.227 e. The molecule has 28 heavy (non-hydrogen) atoms. The lowest BCUT2D eigenvalue weighted by Crippen LogP contribution is -2.35. The molecule has 0 saturated carbocycles. The average Bonchev–Trinajstić information content (AvgIpc) is 3.14. The molecule has 1 saturated heterocycles. The van der Waals surface area contributed by atoms with Crippen molar-refractivity contribution in [2.75, 3.05) is 48.9 Å². The fraction of sp³-hybridized carbons (Fsp3) is 0.333. The van der Waals surface area contributed by atoms with Gasteiger partial charge in [-0.15, -0.1) is 0 Å². The molecule has 3 rings (SSSR count). The number of benzene rings is 2. The first-order valence-corrected chi connectivity index (χ1v) is 9.78. The van der Waals surface area contributed by atoms with Crippen LogP contribution in [0.1, 0.15) is 12.8 Å². The van der Waals surface area contributed by atoms with Crippen LogP contribution in [0.3, 0.4) is 0 Å². The number of nitrogens with one attached hydrogen (secondary N) is 2. The maximum atomic E-state index is 11.9. The van der Waals surface area contributed by atoms with Gasteiger partial charge in [-0.3, -0.25) is 4.79 Å². The fourth-order valence-corrected chi connectivity index (χ4v) is 3.37. The number of nitrogens with zero attached hydrogens (tertiary/aromatic N) is 2. The Morgan fingerprint density at radius 1 is 1.25 bits per heavy atom. The van der Waals surface area contributed by atoms with Crippen LogP contribution in [-0.4, -0.2) is 44.8 Å². The molecule has 1 fully saturated rings. The third kappa shape index (κ3) is 5.13. The molecule has 6 nitrogen and oxygen atoms in total. The lowest BCUT2D eigenvalue weighted by atomic mass is 10.2. The van der Waals surface area contributed by atoms with Gasteiger partial charge in [0, 0.05) is 50.2 Å². The summed E-state index contributed by atoms with van der Waals surface area (Å²) in [5.41, 5.74) is 2.90. The van der Waals surface area contributed by atoms with Crippen LogP contribution in [-0.2, 0) is 4.79 Å². The van der Waals surface area contributed by atoms with E-state index in [4.69, 9.17) is 17.0 Å². The number of rotatable bonds is 7. The number of methoxy groups -OCH3 is 1. The standard InChI is InChI=1S/C21H26N4O2S/c1-24(17-8-10-19(27-2)11-9-17)14-12-22-21(28)23-16-5-3-6-18(15-16)25-13-4-7-20(25)26/h3,5-6,8-11,15H,4,7,12-14H2,1-2H3,(H2,22,23,28). The Morgan fingerprint density at radius 2 is 2.04 bits per heavy atom. The Labute approximate surface area is 171 Å². The minimum Gasteiger partial charge on any atom is -0.497 e. The van der Waals surface area contributed by atoms with E-state index in [0.717, 1.165) is 42.3 Å². The molecule has 0 unspecified atom stereocenters. The molecule has 0 spiro atoms. The first kappa shape index (κ1) is 19.9. The van der Waals surface area contributed by atoms with Crippen molar-refractivity contribution in [3.63, 3.8) is 0 Å². The quantitative estimate of drug-likeness (QED) is 0.699. The van der Waals surface area contributed by atoms with Crippen LogP contribution in [0.25, 0.3) is 0 Å². The molecular weight excluding hydrogens is 372 g/mol. The predicted octanol–water partition coefficient (Wildman–Crippen LogP) is 3.24. The molecule has 148 valence electrons. The largest absolute Gasteiger partial charge is 0.497 e. The van der Waals surface area contributed by atoms with Crippen molar-refractivity contribution >= 4 is 40.3 Å². The van der Waals surface area contributed by atoms with Crippen LogP contribution in [0.4, 0.5) is 17.1 Å². The highest BCUT2D eigenvalue weighted by atomic mass is 32.1. The van der Waals surface area contributed by atoms with Gasteiger partial charge in [-0.25, -0.2) is 0 Å². The molecule has 7 heteroatoms. The summed E-state index contributed by atoms with van der Waals surface area (Å²) >= 11 is 5.40. The van der Waals surface area contributed by atoms with Crippen molar-refractivity contribution in [1.82, 2.24) is 5.32 Å². The number of ether oxygens (including phenoxy) is 1. The van der Waals surface area contributed by atoms with Gasteiger partial charge in [0.25, 0.3) is 0 Å². The molecule has 1 aliphatic heterocycles. The highest BCUT2D eigenvalue weighted by molar-refractivity contribution is 7.80. The Kier molecular flexibility index (Phi) is 6.71. The van der Waals surface area contributed by atoms with E-state index in [1.165, 1.54) is 0 Å². The zero-order chi connectivity index (χ0) is 19.9. The van der Waals surface area contributed by atoms with Gasteiger partial charge in [0.2, 0.25) is 5.91 Å². The van der Waals surface area contributed by atoms with E-state index in [1.807, 2.05) is 60.5 Å². The van der Waals surface area contributed by atoms with Gasteiger partial charge >= 0.3 is 0 Å². The molecule has 2 aromatic rings. The molecule has 1 heterocycles. The summed E-state index contributed by atoms with van der Waals surface area (Å²) in [7, 11) is 3.70. The summed E-state index contributed by atoms with van der Waals surface area (Å²) in [4.78, 5) is 15.9. The third-order valence-electron chi connectivity index (χ3n) is 4.74. The molecule has 0 bridgehead atoms. The number of carbonyl (C=O) groups is 1. The molecule has 0 aromatic heterocycles. The van der Waals surface area contributed by atoms with Gasteiger partial charge in [-0.2, -0.15) is 0 Å². The van der Waals surface area contributed by atoms with E-state index in [-0.39, 0.29) is 5.91 Å². The number of anilines is 3. The summed E-state index contributed by atoms with van der Waals surface area (Å²) < 4.78 is 5.19.